The van der Waals surface area contributed by atoms with Crippen molar-refractivity contribution in [1.29, 1.82) is 0 Å². The number of benzene rings is 1. The van der Waals surface area contributed by atoms with Crippen LogP contribution in [0.15, 0.2) is 30.3 Å². The van der Waals surface area contributed by atoms with Gasteiger partial charge in [-0.05, 0) is 62.9 Å². The van der Waals surface area contributed by atoms with Gasteiger partial charge in [-0.2, -0.15) is 5.10 Å². The Hall–Kier alpha value is -1.96. The SMILES string of the molecule is Cc1nn(-c2ccc(F)cc2)c2sc(C(=O)N3CCCC(C(C)N)C3)cc12.Cl. The van der Waals surface area contributed by atoms with Gasteiger partial charge in [0.15, 0.2) is 0 Å². The van der Waals surface area contributed by atoms with Crippen molar-refractivity contribution in [1.82, 2.24) is 14.7 Å². The third kappa shape index (κ3) is 3.79. The van der Waals surface area contributed by atoms with Crippen molar-refractivity contribution in [3.63, 3.8) is 0 Å². The number of likely N-dealkylation sites (tertiary alicyclic amines) is 1. The lowest BCUT2D eigenvalue weighted by Crippen LogP contribution is -2.44. The number of nitrogens with zero attached hydrogens (tertiary/aromatic N) is 3. The van der Waals surface area contributed by atoms with Crippen molar-refractivity contribution in [3.8, 4) is 5.69 Å². The van der Waals surface area contributed by atoms with Gasteiger partial charge in [-0.25, -0.2) is 9.07 Å². The fraction of sp³-hybridized carbons (Fsp3) is 0.400. The first-order chi connectivity index (χ1) is 12.9. The lowest BCUT2D eigenvalue weighted by molar-refractivity contribution is 0.0666. The van der Waals surface area contributed by atoms with E-state index in [2.05, 4.69) is 5.10 Å². The molecule has 3 aromatic rings. The summed E-state index contributed by atoms with van der Waals surface area (Å²) in [4.78, 5) is 16.6. The average Bonchev–Trinajstić information content (AvgIpc) is 3.23. The first-order valence-corrected chi connectivity index (χ1v) is 10.1. The van der Waals surface area contributed by atoms with Crippen molar-refractivity contribution in [2.45, 2.75) is 32.7 Å². The van der Waals surface area contributed by atoms with E-state index >= 15 is 0 Å². The molecule has 5 nitrogen and oxygen atoms in total. The molecule has 1 aromatic carbocycles. The molecule has 0 bridgehead atoms. The maximum absolute atomic E-state index is 13.2. The van der Waals surface area contributed by atoms with Crippen LogP contribution in [-0.4, -0.2) is 39.7 Å². The molecule has 1 aliphatic rings. The highest BCUT2D eigenvalue weighted by atomic mass is 35.5. The number of aromatic nitrogens is 2. The minimum Gasteiger partial charge on any atom is -0.338 e. The summed E-state index contributed by atoms with van der Waals surface area (Å²) < 4.78 is 15.0. The number of hydrogen-bond donors (Lipinski definition) is 1. The topological polar surface area (TPSA) is 64.2 Å². The van der Waals surface area contributed by atoms with Gasteiger partial charge >= 0.3 is 0 Å². The standard InChI is InChI=1S/C20H23FN4OS.ClH/c1-12(22)14-4-3-9-24(11-14)19(26)18-10-17-13(2)23-25(20(17)27-18)16-7-5-15(21)6-8-16;/h5-8,10,12,14H,3-4,9,11,22H2,1-2H3;1H. The molecule has 1 saturated heterocycles. The number of halogens is 2. The van der Waals surface area contributed by atoms with E-state index in [9.17, 15) is 9.18 Å². The summed E-state index contributed by atoms with van der Waals surface area (Å²) in [6.07, 6.45) is 2.07. The van der Waals surface area contributed by atoms with Crippen LogP contribution in [0.2, 0.25) is 0 Å². The van der Waals surface area contributed by atoms with Crippen molar-refractivity contribution in [2.24, 2.45) is 11.7 Å². The number of aryl methyl sites for hydroxylation is 1. The van der Waals surface area contributed by atoms with E-state index in [-0.39, 0.29) is 30.2 Å². The van der Waals surface area contributed by atoms with Gasteiger partial charge in [0.1, 0.15) is 10.6 Å². The summed E-state index contributed by atoms with van der Waals surface area (Å²) >= 11 is 1.44. The third-order valence-corrected chi connectivity index (χ3v) is 6.41. The maximum atomic E-state index is 13.2. The van der Waals surface area contributed by atoms with E-state index in [1.165, 1.54) is 23.5 Å². The molecule has 8 heteroatoms. The number of fused-ring (bicyclic) bond motifs is 1. The lowest BCUT2D eigenvalue weighted by Gasteiger charge is -2.34. The highest BCUT2D eigenvalue weighted by Gasteiger charge is 2.28. The van der Waals surface area contributed by atoms with Crippen LogP contribution in [0.25, 0.3) is 15.9 Å². The van der Waals surface area contributed by atoms with Crippen LogP contribution in [0.1, 0.15) is 35.1 Å². The van der Waals surface area contributed by atoms with Gasteiger partial charge in [-0.1, -0.05) is 0 Å². The number of carbonyl (C=O) groups is 1. The van der Waals surface area contributed by atoms with Crippen LogP contribution in [0.3, 0.4) is 0 Å². The molecule has 0 aliphatic carbocycles. The highest BCUT2D eigenvalue weighted by Crippen LogP contribution is 2.32. The van der Waals surface area contributed by atoms with E-state index in [0.717, 1.165) is 41.0 Å². The summed E-state index contributed by atoms with van der Waals surface area (Å²) in [7, 11) is 0. The molecule has 0 saturated carbocycles. The first-order valence-electron chi connectivity index (χ1n) is 9.24. The van der Waals surface area contributed by atoms with Crippen LogP contribution < -0.4 is 5.73 Å². The number of hydrogen-bond acceptors (Lipinski definition) is 4. The molecule has 4 rings (SSSR count). The van der Waals surface area contributed by atoms with E-state index in [4.69, 9.17) is 5.73 Å². The zero-order valence-corrected chi connectivity index (χ0v) is 17.5. The number of thiophene rings is 1. The van der Waals surface area contributed by atoms with Crippen molar-refractivity contribution >= 4 is 39.9 Å². The predicted molar refractivity (Wildman–Crippen MR) is 113 cm³/mol. The second kappa shape index (κ2) is 8.19. The second-order valence-corrected chi connectivity index (χ2v) is 8.35. The molecule has 1 amide bonds. The third-order valence-electron chi connectivity index (χ3n) is 5.32. The number of piperidine rings is 1. The van der Waals surface area contributed by atoms with E-state index in [1.807, 2.05) is 24.8 Å². The molecule has 150 valence electrons. The summed E-state index contributed by atoms with van der Waals surface area (Å²) in [6.45, 7) is 5.43. The fourth-order valence-corrected chi connectivity index (χ4v) is 4.84. The van der Waals surface area contributed by atoms with Gasteiger partial charge in [0.05, 0.1) is 16.3 Å². The number of rotatable bonds is 3. The predicted octanol–water partition coefficient (Wildman–Crippen LogP) is 4.16. The van der Waals surface area contributed by atoms with E-state index < -0.39 is 0 Å². The molecule has 2 atom stereocenters. The molecular weight excluding hydrogens is 399 g/mol. The summed E-state index contributed by atoms with van der Waals surface area (Å²) in [5.74, 6) is 0.134. The van der Waals surface area contributed by atoms with Gasteiger partial charge < -0.3 is 10.6 Å². The number of amides is 1. The van der Waals surface area contributed by atoms with Crippen molar-refractivity contribution < 1.29 is 9.18 Å². The monoisotopic (exact) mass is 422 g/mol. The Bertz CT molecular complexity index is 982. The fourth-order valence-electron chi connectivity index (χ4n) is 3.69. The number of carbonyl (C=O) groups excluding carboxylic acids is 1. The van der Waals surface area contributed by atoms with Gasteiger partial charge in [0, 0.05) is 24.5 Å². The summed E-state index contributed by atoms with van der Waals surface area (Å²) in [6, 6.07) is 8.25. The average molecular weight is 423 g/mol. The quantitative estimate of drug-likeness (QED) is 0.689. The highest BCUT2D eigenvalue weighted by molar-refractivity contribution is 7.20. The molecule has 28 heavy (non-hydrogen) atoms. The zero-order valence-electron chi connectivity index (χ0n) is 15.9. The Balaban J connectivity index is 0.00000225. The minimum absolute atomic E-state index is 0. The molecule has 2 N–H and O–H groups in total. The Labute approximate surface area is 173 Å². The Morgan fingerprint density at radius 1 is 1.36 bits per heavy atom. The van der Waals surface area contributed by atoms with Crippen LogP contribution in [0.4, 0.5) is 4.39 Å². The first kappa shape index (κ1) is 20.8. The smallest absolute Gasteiger partial charge is 0.264 e. The van der Waals surface area contributed by atoms with Crippen molar-refractivity contribution in [2.75, 3.05) is 13.1 Å². The van der Waals surface area contributed by atoms with Crippen molar-refractivity contribution in [3.05, 3.63) is 46.7 Å². The van der Waals surface area contributed by atoms with Crippen LogP contribution in [0.5, 0.6) is 0 Å². The van der Waals surface area contributed by atoms with Gasteiger partial charge in [-0.15, -0.1) is 23.7 Å². The molecule has 1 aliphatic heterocycles. The molecule has 2 unspecified atom stereocenters. The molecule has 2 aromatic heterocycles. The van der Waals surface area contributed by atoms with E-state index in [0.29, 0.717) is 17.3 Å². The van der Waals surface area contributed by atoms with E-state index in [1.54, 1.807) is 16.8 Å². The minimum atomic E-state index is -0.283. The normalized spacial score (nSPS) is 18.1. The molecule has 1 fully saturated rings. The molecule has 0 radical (unpaired) electrons. The summed E-state index contributed by atoms with van der Waals surface area (Å²) in [5, 5.41) is 5.53. The Kier molecular flexibility index (Phi) is 6.07. The second-order valence-electron chi connectivity index (χ2n) is 7.32. The summed E-state index contributed by atoms with van der Waals surface area (Å²) in [5.41, 5.74) is 7.69. The molecule has 0 spiro atoms. The Morgan fingerprint density at radius 2 is 2.07 bits per heavy atom. The Morgan fingerprint density at radius 3 is 2.75 bits per heavy atom. The molecular formula is C20H24ClFN4OS. The largest absolute Gasteiger partial charge is 0.338 e. The van der Waals surface area contributed by atoms with Crippen LogP contribution >= 0.6 is 23.7 Å². The maximum Gasteiger partial charge on any atom is 0.264 e. The molecule has 3 heterocycles. The zero-order chi connectivity index (χ0) is 19.1. The lowest BCUT2D eigenvalue weighted by atomic mass is 9.92. The number of nitrogens with two attached hydrogens (primary N) is 1. The van der Waals surface area contributed by atoms with Gasteiger partial charge in [0.25, 0.3) is 5.91 Å². The van der Waals surface area contributed by atoms with Crippen LogP contribution in [-0.2, 0) is 0 Å². The van der Waals surface area contributed by atoms with Crippen LogP contribution in [0, 0.1) is 18.7 Å². The van der Waals surface area contributed by atoms with Gasteiger partial charge in [-0.3, -0.25) is 4.79 Å². The van der Waals surface area contributed by atoms with Gasteiger partial charge in [0.2, 0.25) is 0 Å².